The first-order chi connectivity index (χ1) is 13.4. The molecule has 1 amide bonds. The lowest BCUT2D eigenvalue weighted by molar-refractivity contribution is -0.128. The highest BCUT2D eigenvalue weighted by Crippen LogP contribution is 2.34. The third-order valence-electron chi connectivity index (χ3n) is 4.01. The van der Waals surface area contributed by atoms with Crippen molar-refractivity contribution in [1.82, 2.24) is 20.1 Å². The molecule has 0 saturated carbocycles. The molecule has 0 radical (unpaired) electrons. The smallest absolute Gasteiger partial charge is 0.240 e. The Labute approximate surface area is 173 Å². The largest absolute Gasteiger partial charge is 0.486 e. The molecule has 3 aromatic rings. The minimum Gasteiger partial charge on any atom is -0.486 e. The second-order valence-electron chi connectivity index (χ2n) is 6.41. The number of amides is 1. The number of carbonyl (C=O) groups is 1. The summed E-state index contributed by atoms with van der Waals surface area (Å²) >= 11 is 7.34. The topological polar surface area (TPSA) is 71.1 Å². The Balaban J connectivity index is 1.69. The van der Waals surface area contributed by atoms with Crippen LogP contribution in [0.4, 0.5) is 0 Å². The van der Waals surface area contributed by atoms with Gasteiger partial charge in [0.15, 0.2) is 5.82 Å². The standard InChI is InChI=1S/C20H21ClN4O2S/c1-13-11-15(9-10-16(13)21)27-12-17-22-20(24-23-17)28-18(19(26)25(2)3)14-7-5-4-6-8-14/h4-11,18H,12H2,1-3H3,(H,22,23,24). The van der Waals surface area contributed by atoms with Crippen LogP contribution in [0.3, 0.4) is 0 Å². The van der Waals surface area contributed by atoms with Crippen molar-refractivity contribution in [2.75, 3.05) is 14.1 Å². The Morgan fingerprint density at radius 1 is 1.25 bits per heavy atom. The van der Waals surface area contributed by atoms with E-state index in [0.717, 1.165) is 11.1 Å². The second kappa shape index (κ2) is 9.12. The van der Waals surface area contributed by atoms with Crippen molar-refractivity contribution in [1.29, 1.82) is 0 Å². The second-order valence-corrected chi connectivity index (χ2v) is 7.89. The van der Waals surface area contributed by atoms with Crippen LogP contribution < -0.4 is 4.74 Å². The quantitative estimate of drug-likeness (QED) is 0.582. The Morgan fingerprint density at radius 3 is 2.68 bits per heavy atom. The number of nitrogens with zero attached hydrogens (tertiary/aromatic N) is 3. The van der Waals surface area contributed by atoms with Crippen molar-refractivity contribution in [3.05, 3.63) is 70.5 Å². The summed E-state index contributed by atoms with van der Waals surface area (Å²) in [4.78, 5) is 18.6. The molecule has 0 bridgehead atoms. The number of likely N-dealkylation sites (N-methyl/N-ethyl adjacent to an activating group) is 1. The highest BCUT2D eigenvalue weighted by atomic mass is 35.5. The van der Waals surface area contributed by atoms with Gasteiger partial charge in [0, 0.05) is 19.1 Å². The van der Waals surface area contributed by atoms with E-state index in [-0.39, 0.29) is 12.5 Å². The Morgan fingerprint density at radius 2 is 2.00 bits per heavy atom. The molecule has 28 heavy (non-hydrogen) atoms. The molecule has 0 fully saturated rings. The number of benzene rings is 2. The molecule has 3 rings (SSSR count). The van der Waals surface area contributed by atoms with Crippen molar-refractivity contribution in [2.45, 2.75) is 23.9 Å². The number of hydrogen-bond acceptors (Lipinski definition) is 5. The molecule has 6 nitrogen and oxygen atoms in total. The van der Waals surface area contributed by atoms with Crippen molar-refractivity contribution in [3.63, 3.8) is 0 Å². The number of thioether (sulfide) groups is 1. The van der Waals surface area contributed by atoms with Crippen molar-refractivity contribution in [2.24, 2.45) is 0 Å². The van der Waals surface area contributed by atoms with E-state index in [2.05, 4.69) is 15.2 Å². The lowest BCUT2D eigenvalue weighted by Crippen LogP contribution is -2.26. The molecule has 0 aliphatic heterocycles. The number of hydrogen-bond donors (Lipinski definition) is 1. The van der Waals surface area contributed by atoms with Gasteiger partial charge in [-0.3, -0.25) is 9.89 Å². The van der Waals surface area contributed by atoms with Gasteiger partial charge < -0.3 is 9.64 Å². The van der Waals surface area contributed by atoms with Gasteiger partial charge in [0.2, 0.25) is 11.1 Å². The van der Waals surface area contributed by atoms with Crippen LogP contribution in [0.5, 0.6) is 5.75 Å². The van der Waals surface area contributed by atoms with Crippen LogP contribution >= 0.6 is 23.4 Å². The molecule has 0 spiro atoms. The van der Waals surface area contributed by atoms with E-state index in [1.54, 1.807) is 25.1 Å². The van der Waals surface area contributed by atoms with Crippen LogP contribution in [0.25, 0.3) is 0 Å². The van der Waals surface area contributed by atoms with E-state index in [1.165, 1.54) is 11.8 Å². The van der Waals surface area contributed by atoms with E-state index < -0.39 is 5.25 Å². The monoisotopic (exact) mass is 416 g/mol. The zero-order valence-electron chi connectivity index (χ0n) is 15.8. The molecule has 1 aromatic heterocycles. The van der Waals surface area contributed by atoms with Gasteiger partial charge >= 0.3 is 0 Å². The van der Waals surface area contributed by atoms with E-state index in [1.807, 2.05) is 49.4 Å². The molecule has 1 N–H and O–H groups in total. The third kappa shape index (κ3) is 5.05. The number of ether oxygens (including phenoxy) is 1. The zero-order valence-corrected chi connectivity index (χ0v) is 17.4. The molecule has 0 aliphatic carbocycles. The van der Waals surface area contributed by atoms with Crippen LogP contribution in [0.2, 0.25) is 5.02 Å². The molecule has 2 aromatic carbocycles. The van der Waals surface area contributed by atoms with E-state index in [0.29, 0.717) is 21.8 Å². The van der Waals surface area contributed by atoms with Crippen LogP contribution in [-0.2, 0) is 11.4 Å². The van der Waals surface area contributed by atoms with Crippen molar-refractivity contribution < 1.29 is 9.53 Å². The summed E-state index contributed by atoms with van der Waals surface area (Å²) in [5.41, 5.74) is 1.85. The molecule has 146 valence electrons. The fourth-order valence-electron chi connectivity index (χ4n) is 2.48. The summed E-state index contributed by atoms with van der Waals surface area (Å²) < 4.78 is 5.74. The minimum absolute atomic E-state index is 0.0181. The van der Waals surface area contributed by atoms with Gasteiger partial charge in [-0.15, -0.1) is 5.10 Å². The predicted molar refractivity (Wildman–Crippen MR) is 111 cm³/mol. The summed E-state index contributed by atoms with van der Waals surface area (Å²) in [6.07, 6.45) is 0. The van der Waals surface area contributed by atoms with E-state index in [4.69, 9.17) is 16.3 Å². The number of H-pyrrole nitrogens is 1. The third-order valence-corrected chi connectivity index (χ3v) is 5.53. The fraction of sp³-hybridized carbons (Fsp3) is 0.250. The number of aromatic nitrogens is 3. The molecule has 1 heterocycles. The Kier molecular flexibility index (Phi) is 6.59. The van der Waals surface area contributed by atoms with Gasteiger partial charge in [0.1, 0.15) is 17.6 Å². The van der Waals surface area contributed by atoms with Gasteiger partial charge in [-0.25, -0.2) is 4.98 Å². The van der Waals surface area contributed by atoms with Gasteiger partial charge in [-0.2, -0.15) is 0 Å². The SMILES string of the molecule is Cc1cc(OCc2nc(SC(C(=O)N(C)C)c3ccccc3)n[nH]2)ccc1Cl. The first-order valence-corrected chi connectivity index (χ1v) is 9.93. The lowest BCUT2D eigenvalue weighted by atomic mass is 10.1. The minimum atomic E-state index is -0.417. The first-order valence-electron chi connectivity index (χ1n) is 8.67. The van der Waals surface area contributed by atoms with Crippen molar-refractivity contribution in [3.8, 4) is 5.75 Å². The molecular formula is C20H21ClN4O2S. The van der Waals surface area contributed by atoms with Crippen LogP contribution in [0, 0.1) is 6.92 Å². The maximum atomic E-state index is 12.6. The number of aromatic amines is 1. The zero-order chi connectivity index (χ0) is 20.1. The highest BCUT2D eigenvalue weighted by molar-refractivity contribution is 8.00. The summed E-state index contributed by atoms with van der Waals surface area (Å²) in [7, 11) is 3.48. The molecule has 1 atom stereocenters. The normalized spacial score (nSPS) is 11.9. The van der Waals surface area contributed by atoms with E-state index in [9.17, 15) is 4.79 Å². The van der Waals surface area contributed by atoms with Gasteiger partial charge in [0.25, 0.3) is 0 Å². The lowest BCUT2D eigenvalue weighted by Gasteiger charge is -2.19. The number of halogens is 1. The first kappa shape index (κ1) is 20.2. The maximum Gasteiger partial charge on any atom is 0.240 e. The number of aryl methyl sites for hydroxylation is 1. The molecule has 8 heteroatoms. The van der Waals surface area contributed by atoms with Gasteiger partial charge in [-0.05, 0) is 36.2 Å². The molecule has 0 aliphatic rings. The molecular weight excluding hydrogens is 396 g/mol. The van der Waals surface area contributed by atoms with Crippen LogP contribution in [0.15, 0.2) is 53.7 Å². The predicted octanol–water partition coefficient (Wildman–Crippen LogP) is 4.27. The number of carbonyl (C=O) groups excluding carboxylic acids is 1. The molecule has 0 saturated heterocycles. The fourth-order valence-corrected chi connectivity index (χ4v) is 3.68. The molecule has 1 unspecified atom stereocenters. The summed E-state index contributed by atoms with van der Waals surface area (Å²) in [6, 6.07) is 15.1. The summed E-state index contributed by atoms with van der Waals surface area (Å²) in [6.45, 7) is 2.16. The average Bonchev–Trinajstić information content (AvgIpc) is 3.14. The van der Waals surface area contributed by atoms with Crippen LogP contribution in [-0.4, -0.2) is 40.1 Å². The maximum absolute atomic E-state index is 12.6. The average molecular weight is 417 g/mol. The Bertz CT molecular complexity index is 946. The number of rotatable bonds is 7. The van der Waals surface area contributed by atoms with Gasteiger partial charge in [0.05, 0.1) is 0 Å². The Hall–Kier alpha value is -2.51. The highest BCUT2D eigenvalue weighted by Gasteiger charge is 2.25. The summed E-state index contributed by atoms with van der Waals surface area (Å²) in [5, 5.41) is 7.87. The number of nitrogens with one attached hydrogen (secondary N) is 1. The van der Waals surface area contributed by atoms with Crippen LogP contribution in [0.1, 0.15) is 22.2 Å². The van der Waals surface area contributed by atoms with Crippen molar-refractivity contribution >= 4 is 29.3 Å². The summed E-state index contributed by atoms with van der Waals surface area (Å²) in [5.74, 6) is 1.27. The van der Waals surface area contributed by atoms with E-state index >= 15 is 0 Å². The van der Waals surface area contributed by atoms with Gasteiger partial charge in [-0.1, -0.05) is 53.7 Å².